The molecule has 0 bridgehead atoms. The summed E-state index contributed by atoms with van der Waals surface area (Å²) < 4.78 is 11.4. The van der Waals surface area contributed by atoms with Gasteiger partial charge in [-0.25, -0.2) is 4.98 Å². The first-order valence-corrected chi connectivity index (χ1v) is 6.14. The van der Waals surface area contributed by atoms with Crippen molar-refractivity contribution in [1.82, 2.24) is 10.3 Å². The van der Waals surface area contributed by atoms with Gasteiger partial charge < -0.3 is 14.5 Å². The normalized spacial score (nSPS) is 29.8. The highest BCUT2D eigenvalue weighted by Crippen LogP contribution is 2.32. The largest absolute Gasteiger partial charge is 0.442 e. The maximum absolute atomic E-state index is 5.74. The number of oxazole rings is 1. The molecule has 0 aromatic carbocycles. The molecule has 1 aromatic heterocycles. The molecule has 2 atom stereocenters. The van der Waals surface area contributed by atoms with Crippen molar-refractivity contribution < 1.29 is 9.15 Å². The third-order valence-electron chi connectivity index (χ3n) is 3.24. The van der Waals surface area contributed by atoms with Crippen LogP contribution in [-0.2, 0) is 11.3 Å². The zero-order chi connectivity index (χ0) is 11.0. The molecule has 0 spiro atoms. The van der Waals surface area contributed by atoms with Gasteiger partial charge in [0.15, 0.2) is 5.76 Å². The van der Waals surface area contributed by atoms with Crippen molar-refractivity contribution in [3.63, 3.8) is 0 Å². The Bertz CT molecular complexity index is 360. The fourth-order valence-electron chi connectivity index (χ4n) is 2.09. The fraction of sp³-hybridized carbons (Fsp3) is 0.750. The van der Waals surface area contributed by atoms with Gasteiger partial charge in [0.2, 0.25) is 5.89 Å². The van der Waals surface area contributed by atoms with Gasteiger partial charge in [0.1, 0.15) is 6.10 Å². The summed E-state index contributed by atoms with van der Waals surface area (Å²) in [5.41, 5.74) is 0. The minimum Gasteiger partial charge on any atom is -0.442 e. The zero-order valence-corrected chi connectivity index (χ0v) is 9.61. The Hall–Kier alpha value is -0.870. The average molecular weight is 222 g/mol. The average Bonchev–Trinajstić information content (AvgIpc) is 2.81. The van der Waals surface area contributed by atoms with Gasteiger partial charge in [-0.1, -0.05) is 0 Å². The predicted octanol–water partition coefficient (Wildman–Crippen LogP) is 2.17. The van der Waals surface area contributed by atoms with Crippen LogP contribution in [0.25, 0.3) is 0 Å². The molecule has 1 aliphatic heterocycles. The highest BCUT2D eigenvalue weighted by molar-refractivity contribution is 5.01. The molecule has 2 heterocycles. The second-order valence-corrected chi connectivity index (χ2v) is 4.82. The lowest BCUT2D eigenvalue weighted by molar-refractivity contribution is 0.0417. The molecule has 0 amide bonds. The van der Waals surface area contributed by atoms with Crippen LogP contribution in [0, 0.1) is 0 Å². The Morgan fingerprint density at radius 1 is 1.38 bits per heavy atom. The highest BCUT2D eigenvalue weighted by Gasteiger charge is 2.27. The summed E-state index contributed by atoms with van der Waals surface area (Å²) in [5, 5.41) is 3.39. The minimum atomic E-state index is 0.122. The van der Waals surface area contributed by atoms with Crippen molar-refractivity contribution in [2.75, 3.05) is 0 Å². The molecule has 0 radical (unpaired) electrons. The van der Waals surface area contributed by atoms with E-state index in [1.165, 1.54) is 12.8 Å². The highest BCUT2D eigenvalue weighted by atomic mass is 16.5. The second kappa shape index (κ2) is 4.18. The Morgan fingerprint density at radius 2 is 2.25 bits per heavy atom. The lowest BCUT2D eigenvalue weighted by Crippen LogP contribution is -2.15. The maximum atomic E-state index is 5.74. The number of hydrogen-bond acceptors (Lipinski definition) is 4. The number of hydrogen-bond donors (Lipinski definition) is 1. The predicted molar refractivity (Wildman–Crippen MR) is 58.9 cm³/mol. The van der Waals surface area contributed by atoms with E-state index >= 15 is 0 Å². The van der Waals surface area contributed by atoms with E-state index in [1.807, 2.05) is 6.20 Å². The molecule has 2 unspecified atom stereocenters. The zero-order valence-electron chi connectivity index (χ0n) is 9.61. The third kappa shape index (κ3) is 2.28. The number of rotatable bonds is 4. The van der Waals surface area contributed by atoms with Crippen LogP contribution in [0.15, 0.2) is 10.6 Å². The molecule has 2 aliphatic rings. The van der Waals surface area contributed by atoms with Crippen molar-refractivity contribution >= 4 is 0 Å². The molecule has 1 saturated carbocycles. The van der Waals surface area contributed by atoms with Gasteiger partial charge in [-0.2, -0.15) is 0 Å². The van der Waals surface area contributed by atoms with Crippen molar-refractivity contribution in [3.05, 3.63) is 17.8 Å². The molecule has 2 fully saturated rings. The lowest BCUT2D eigenvalue weighted by Gasteiger charge is -2.06. The quantitative estimate of drug-likeness (QED) is 0.848. The maximum Gasteiger partial charge on any atom is 0.208 e. The van der Waals surface area contributed by atoms with E-state index in [-0.39, 0.29) is 6.10 Å². The van der Waals surface area contributed by atoms with Gasteiger partial charge in [0, 0.05) is 6.04 Å². The number of ether oxygens (including phenoxy) is 1. The van der Waals surface area contributed by atoms with E-state index in [2.05, 4.69) is 17.2 Å². The molecule has 3 rings (SSSR count). The van der Waals surface area contributed by atoms with Gasteiger partial charge >= 0.3 is 0 Å². The van der Waals surface area contributed by atoms with Gasteiger partial charge in [-0.15, -0.1) is 0 Å². The Morgan fingerprint density at radius 3 is 2.94 bits per heavy atom. The van der Waals surface area contributed by atoms with Crippen LogP contribution in [0.3, 0.4) is 0 Å². The van der Waals surface area contributed by atoms with Crippen LogP contribution in [0.1, 0.15) is 50.4 Å². The molecule has 4 nitrogen and oxygen atoms in total. The number of nitrogens with zero attached hydrogens (tertiary/aromatic N) is 1. The van der Waals surface area contributed by atoms with Gasteiger partial charge in [0.05, 0.1) is 18.8 Å². The fourth-order valence-corrected chi connectivity index (χ4v) is 2.09. The van der Waals surface area contributed by atoms with E-state index in [1.54, 1.807) is 0 Å². The summed E-state index contributed by atoms with van der Waals surface area (Å²) in [6, 6.07) is 0.693. The molecule has 4 heteroatoms. The minimum absolute atomic E-state index is 0.122. The SMILES string of the molecule is CC1CCC(c2cnc(CNC3CC3)o2)O1. The van der Waals surface area contributed by atoms with Crippen molar-refractivity contribution in [2.24, 2.45) is 0 Å². The molecule has 16 heavy (non-hydrogen) atoms. The Kier molecular flexibility index (Phi) is 2.69. The molecular weight excluding hydrogens is 204 g/mol. The molecule has 1 aromatic rings. The van der Waals surface area contributed by atoms with Crippen LogP contribution in [0.4, 0.5) is 0 Å². The van der Waals surface area contributed by atoms with E-state index in [0.717, 1.165) is 31.0 Å². The molecule has 1 aliphatic carbocycles. The second-order valence-electron chi connectivity index (χ2n) is 4.82. The summed E-state index contributed by atoms with van der Waals surface area (Å²) in [5.74, 6) is 1.67. The first-order valence-electron chi connectivity index (χ1n) is 6.14. The van der Waals surface area contributed by atoms with Crippen LogP contribution in [0.5, 0.6) is 0 Å². The number of nitrogens with one attached hydrogen (secondary N) is 1. The van der Waals surface area contributed by atoms with Gasteiger partial charge in [-0.05, 0) is 32.6 Å². The molecule has 88 valence electrons. The summed E-state index contributed by atoms with van der Waals surface area (Å²) >= 11 is 0. The van der Waals surface area contributed by atoms with E-state index in [0.29, 0.717) is 12.1 Å². The summed E-state index contributed by atoms with van der Waals surface area (Å²) in [6.45, 7) is 2.85. The summed E-state index contributed by atoms with van der Waals surface area (Å²) in [7, 11) is 0. The molecule has 1 saturated heterocycles. The van der Waals surface area contributed by atoms with Crippen molar-refractivity contribution in [2.45, 2.75) is 57.4 Å². The van der Waals surface area contributed by atoms with Crippen molar-refractivity contribution in [3.8, 4) is 0 Å². The molecular formula is C12H18N2O2. The Balaban J connectivity index is 1.58. The molecule has 1 N–H and O–H groups in total. The Labute approximate surface area is 95.4 Å². The van der Waals surface area contributed by atoms with Gasteiger partial charge in [0.25, 0.3) is 0 Å². The van der Waals surface area contributed by atoms with Gasteiger partial charge in [-0.3, -0.25) is 0 Å². The third-order valence-corrected chi connectivity index (χ3v) is 3.24. The topological polar surface area (TPSA) is 47.3 Å². The monoisotopic (exact) mass is 222 g/mol. The van der Waals surface area contributed by atoms with E-state index < -0.39 is 0 Å². The van der Waals surface area contributed by atoms with Crippen LogP contribution in [0.2, 0.25) is 0 Å². The van der Waals surface area contributed by atoms with E-state index in [9.17, 15) is 0 Å². The van der Waals surface area contributed by atoms with E-state index in [4.69, 9.17) is 9.15 Å². The smallest absolute Gasteiger partial charge is 0.208 e. The summed E-state index contributed by atoms with van der Waals surface area (Å²) in [4.78, 5) is 4.28. The number of aromatic nitrogens is 1. The first kappa shape index (κ1) is 10.3. The lowest BCUT2D eigenvalue weighted by atomic mass is 10.2. The standard InChI is InChI=1S/C12H18N2O2/c1-8-2-5-10(15-8)11-6-14-12(16-11)7-13-9-3-4-9/h6,8-10,13H,2-5,7H2,1H3. The van der Waals surface area contributed by atoms with Crippen molar-refractivity contribution in [1.29, 1.82) is 0 Å². The van der Waals surface area contributed by atoms with Crippen LogP contribution < -0.4 is 5.32 Å². The summed E-state index contributed by atoms with van der Waals surface area (Å²) in [6.07, 6.45) is 7.02. The van der Waals surface area contributed by atoms with Crippen LogP contribution >= 0.6 is 0 Å². The first-order chi connectivity index (χ1) is 7.81. The van der Waals surface area contributed by atoms with Crippen LogP contribution in [-0.4, -0.2) is 17.1 Å².